The lowest BCUT2D eigenvalue weighted by Crippen LogP contribution is -2.35. The molecule has 2 unspecified atom stereocenters. The monoisotopic (exact) mass is 165 g/mol. The summed E-state index contributed by atoms with van der Waals surface area (Å²) >= 11 is 1.31. The summed E-state index contributed by atoms with van der Waals surface area (Å²) in [5.74, 6) is 0. The molecule has 3 rings (SSSR count). The number of carbonyl (C=O) groups excluding carboxylic acids is 1. The highest BCUT2D eigenvalue weighted by Gasteiger charge is 2.44. The van der Waals surface area contributed by atoms with Gasteiger partial charge in [-0.3, -0.25) is 4.79 Å². The topological polar surface area (TPSA) is 40.9 Å². The summed E-state index contributed by atoms with van der Waals surface area (Å²) in [6.45, 7) is 0. The highest BCUT2D eigenvalue weighted by Crippen LogP contribution is 2.45. The third-order valence-electron chi connectivity index (χ3n) is 2.24. The van der Waals surface area contributed by atoms with Gasteiger partial charge in [0.1, 0.15) is 5.41 Å². The molecule has 2 heterocycles. The van der Waals surface area contributed by atoms with Crippen LogP contribution in [0.3, 0.4) is 0 Å². The molecule has 0 amide bonds. The van der Waals surface area contributed by atoms with Gasteiger partial charge in [0.15, 0.2) is 0 Å². The molecule has 0 radical (unpaired) electrons. The van der Waals surface area contributed by atoms with E-state index in [2.05, 4.69) is 6.07 Å². The molecule has 3 aliphatic rings. The number of fused-ring (bicyclic) bond motifs is 2. The van der Waals surface area contributed by atoms with E-state index in [1.54, 1.807) is 6.08 Å². The van der Waals surface area contributed by atoms with Crippen molar-refractivity contribution in [1.29, 1.82) is 5.26 Å². The van der Waals surface area contributed by atoms with Gasteiger partial charge in [-0.15, -0.1) is 0 Å². The molecule has 0 aromatic rings. The smallest absolute Gasteiger partial charge is 0.213 e. The first kappa shape index (κ1) is 6.93. The number of carbonyl (C=O) groups is 1. The second-order valence-corrected chi connectivity index (χ2v) is 4.14. The van der Waals surface area contributed by atoms with Crippen molar-refractivity contribution < 1.29 is 4.79 Å². The Morgan fingerprint density at radius 1 is 1.82 bits per heavy atom. The SMILES string of the molecule is N#CC12C=CC(CC1)SC2=O. The Balaban J connectivity index is 2.46. The fourth-order valence-corrected chi connectivity index (χ4v) is 2.56. The van der Waals surface area contributed by atoms with Gasteiger partial charge < -0.3 is 0 Å². The lowest BCUT2D eigenvalue weighted by Gasteiger charge is -2.34. The van der Waals surface area contributed by atoms with E-state index in [-0.39, 0.29) is 5.12 Å². The quantitative estimate of drug-likeness (QED) is 0.510. The summed E-state index contributed by atoms with van der Waals surface area (Å²) in [4.78, 5) is 11.3. The van der Waals surface area contributed by atoms with E-state index in [4.69, 9.17) is 5.26 Å². The van der Waals surface area contributed by atoms with Crippen LogP contribution >= 0.6 is 11.8 Å². The van der Waals surface area contributed by atoms with Crippen molar-refractivity contribution in [2.24, 2.45) is 5.41 Å². The van der Waals surface area contributed by atoms with Gasteiger partial charge in [-0.2, -0.15) is 5.26 Å². The molecule has 1 saturated heterocycles. The second kappa shape index (κ2) is 2.12. The fourth-order valence-electron chi connectivity index (χ4n) is 1.47. The van der Waals surface area contributed by atoms with Crippen LogP contribution in [0.25, 0.3) is 0 Å². The molecule has 1 aliphatic carbocycles. The van der Waals surface area contributed by atoms with Crippen LogP contribution in [0, 0.1) is 16.7 Å². The molecule has 1 fully saturated rings. The van der Waals surface area contributed by atoms with E-state index in [1.165, 1.54) is 11.8 Å². The van der Waals surface area contributed by atoms with Crippen LogP contribution in [0.5, 0.6) is 0 Å². The van der Waals surface area contributed by atoms with Crippen LogP contribution < -0.4 is 0 Å². The lowest BCUT2D eigenvalue weighted by atomic mass is 9.81. The molecule has 2 aliphatic heterocycles. The zero-order chi connectivity index (χ0) is 7.90. The van der Waals surface area contributed by atoms with Crippen LogP contribution in [-0.2, 0) is 4.79 Å². The molecule has 2 bridgehead atoms. The van der Waals surface area contributed by atoms with Gasteiger partial charge in [-0.25, -0.2) is 0 Å². The van der Waals surface area contributed by atoms with E-state index in [0.29, 0.717) is 5.25 Å². The van der Waals surface area contributed by atoms with Crippen LogP contribution in [-0.4, -0.2) is 10.4 Å². The van der Waals surface area contributed by atoms with Gasteiger partial charge in [0.2, 0.25) is 5.12 Å². The predicted octanol–water partition coefficient (Wildman–Crippen LogP) is 1.49. The maximum absolute atomic E-state index is 11.3. The summed E-state index contributed by atoms with van der Waals surface area (Å²) < 4.78 is 0. The maximum atomic E-state index is 11.3. The summed E-state index contributed by atoms with van der Waals surface area (Å²) in [6.07, 6.45) is 5.45. The third kappa shape index (κ3) is 0.827. The molecular weight excluding hydrogens is 158 g/mol. The number of hydrogen-bond acceptors (Lipinski definition) is 3. The van der Waals surface area contributed by atoms with Crippen LogP contribution in [0.15, 0.2) is 12.2 Å². The van der Waals surface area contributed by atoms with Crippen molar-refractivity contribution in [1.82, 2.24) is 0 Å². The average Bonchev–Trinajstić information content (AvgIpc) is 2.07. The van der Waals surface area contributed by atoms with Crippen LogP contribution in [0.4, 0.5) is 0 Å². The first-order valence-electron chi connectivity index (χ1n) is 3.58. The van der Waals surface area contributed by atoms with Crippen LogP contribution in [0.1, 0.15) is 12.8 Å². The molecule has 56 valence electrons. The average molecular weight is 165 g/mol. The zero-order valence-corrected chi connectivity index (χ0v) is 6.73. The Hall–Kier alpha value is -0.750. The number of nitriles is 1. The fraction of sp³-hybridized carbons (Fsp3) is 0.500. The molecule has 0 N–H and O–H groups in total. The van der Waals surface area contributed by atoms with Gasteiger partial charge in [-0.1, -0.05) is 23.9 Å². The molecule has 3 heteroatoms. The molecule has 2 nitrogen and oxygen atoms in total. The minimum absolute atomic E-state index is 0.0405. The first-order valence-corrected chi connectivity index (χ1v) is 4.46. The van der Waals surface area contributed by atoms with Crippen molar-refractivity contribution in [2.75, 3.05) is 0 Å². The first-order chi connectivity index (χ1) is 5.27. The molecule has 2 atom stereocenters. The van der Waals surface area contributed by atoms with Gasteiger partial charge >= 0.3 is 0 Å². The highest BCUT2D eigenvalue weighted by atomic mass is 32.2. The Morgan fingerprint density at radius 3 is 3.00 bits per heavy atom. The van der Waals surface area contributed by atoms with Crippen molar-refractivity contribution in [3.63, 3.8) is 0 Å². The standard InChI is InChI=1S/C8H7NOS/c9-5-8-3-1-6(2-4-8)11-7(8)10/h1,3,6H,2,4H2. The van der Waals surface area contributed by atoms with Gasteiger partial charge in [0.05, 0.1) is 6.07 Å². The highest BCUT2D eigenvalue weighted by molar-refractivity contribution is 8.14. The summed E-state index contributed by atoms with van der Waals surface area (Å²) in [5, 5.41) is 9.19. The summed E-state index contributed by atoms with van der Waals surface area (Å²) in [5.41, 5.74) is -0.764. The lowest BCUT2D eigenvalue weighted by molar-refractivity contribution is -0.116. The van der Waals surface area contributed by atoms with Crippen molar-refractivity contribution in [3.05, 3.63) is 12.2 Å². The largest absolute Gasteiger partial charge is 0.285 e. The van der Waals surface area contributed by atoms with Crippen LogP contribution in [0.2, 0.25) is 0 Å². The number of hydrogen-bond donors (Lipinski definition) is 0. The van der Waals surface area contributed by atoms with Crippen molar-refractivity contribution >= 4 is 16.9 Å². The van der Waals surface area contributed by atoms with Gasteiger partial charge in [0.25, 0.3) is 0 Å². The Labute approximate surface area is 69.3 Å². The Kier molecular flexibility index (Phi) is 1.33. The number of thioether (sulfide) groups is 1. The minimum atomic E-state index is -0.764. The summed E-state index contributed by atoms with van der Waals surface area (Å²) in [7, 11) is 0. The van der Waals surface area contributed by atoms with E-state index < -0.39 is 5.41 Å². The van der Waals surface area contributed by atoms with Crippen molar-refractivity contribution in [3.8, 4) is 6.07 Å². The normalized spacial score (nSPS) is 40.6. The molecule has 0 saturated carbocycles. The Bertz CT molecular complexity index is 278. The molecule has 0 aromatic heterocycles. The molecule has 11 heavy (non-hydrogen) atoms. The molecule has 0 spiro atoms. The second-order valence-electron chi connectivity index (χ2n) is 2.92. The van der Waals surface area contributed by atoms with E-state index in [0.717, 1.165) is 12.8 Å². The maximum Gasteiger partial charge on any atom is 0.213 e. The predicted molar refractivity (Wildman–Crippen MR) is 42.8 cm³/mol. The number of nitrogens with zero attached hydrogens (tertiary/aromatic N) is 1. The van der Waals surface area contributed by atoms with E-state index >= 15 is 0 Å². The summed E-state index contributed by atoms with van der Waals surface area (Å²) in [6, 6.07) is 2.10. The number of rotatable bonds is 0. The zero-order valence-electron chi connectivity index (χ0n) is 5.91. The third-order valence-corrected chi connectivity index (χ3v) is 3.51. The number of allylic oxidation sites excluding steroid dienone is 1. The van der Waals surface area contributed by atoms with Gasteiger partial charge in [0, 0.05) is 5.25 Å². The van der Waals surface area contributed by atoms with Crippen molar-refractivity contribution in [2.45, 2.75) is 18.1 Å². The van der Waals surface area contributed by atoms with E-state index in [9.17, 15) is 4.79 Å². The minimum Gasteiger partial charge on any atom is -0.285 e. The van der Waals surface area contributed by atoms with Gasteiger partial charge in [-0.05, 0) is 12.8 Å². The van der Waals surface area contributed by atoms with E-state index in [1.807, 2.05) is 6.08 Å². The molecular formula is C8H7NOS. The molecule has 0 aromatic carbocycles. The Morgan fingerprint density at radius 2 is 2.64 bits per heavy atom.